The second kappa shape index (κ2) is 11.9. The summed E-state index contributed by atoms with van der Waals surface area (Å²) < 4.78 is 29.9. The van der Waals surface area contributed by atoms with Crippen LogP contribution in [0.25, 0.3) is 6.08 Å². The van der Waals surface area contributed by atoms with Crippen molar-refractivity contribution in [3.8, 4) is 5.75 Å². The van der Waals surface area contributed by atoms with Crippen LogP contribution >= 0.6 is 0 Å². The van der Waals surface area contributed by atoms with Crippen molar-refractivity contribution in [3.05, 3.63) is 35.9 Å². The third kappa shape index (κ3) is 8.23. The zero-order valence-electron chi connectivity index (χ0n) is 16.4. The van der Waals surface area contributed by atoms with Gasteiger partial charge in [-0.25, -0.2) is 0 Å². The van der Waals surface area contributed by atoms with Crippen molar-refractivity contribution in [1.82, 2.24) is 0 Å². The first-order valence-corrected chi connectivity index (χ1v) is 10.4. The van der Waals surface area contributed by atoms with E-state index in [1.54, 1.807) is 12.1 Å². The Morgan fingerprint density at radius 1 is 1.00 bits per heavy atom. The molecule has 2 rings (SSSR count). The molecule has 2 nitrogen and oxygen atoms in total. The van der Waals surface area contributed by atoms with Gasteiger partial charge in [-0.05, 0) is 49.3 Å². The van der Waals surface area contributed by atoms with Crippen molar-refractivity contribution >= 4 is 12.0 Å². The van der Waals surface area contributed by atoms with E-state index in [1.165, 1.54) is 57.1 Å². The molecule has 1 aliphatic carbocycles. The molecule has 0 atom stereocenters. The molecular weight excluding hydrogens is 346 g/mol. The largest absolute Gasteiger partial charge is 0.426 e. The quantitative estimate of drug-likeness (QED) is 0.241. The van der Waals surface area contributed by atoms with Gasteiger partial charge in [0, 0.05) is 6.08 Å². The first-order chi connectivity index (χ1) is 13.1. The average Bonchev–Trinajstić information content (AvgIpc) is 2.66. The topological polar surface area (TPSA) is 26.3 Å². The number of ether oxygens (including phenoxy) is 1. The van der Waals surface area contributed by atoms with Crippen LogP contribution in [-0.4, -0.2) is 5.97 Å². The summed E-state index contributed by atoms with van der Waals surface area (Å²) >= 11 is 0. The Hall–Kier alpha value is -1.71. The van der Waals surface area contributed by atoms with Gasteiger partial charge in [0.05, 0.1) is 5.92 Å². The van der Waals surface area contributed by atoms with Crippen molar-refractivity contribution in [3.63, 3.8) is 0 Å². The molecule has 1 aromatic rings. The van der Waals surface area contributed by atoms with Gasteiger partial charge >= 0.3 is 5.97 Å². The van der Waals surface area contributed by atoms with E-state index in [9.17, 15) is 13.6 Å². The molecule has 0 amide bonds. The number of carbonyl (C=O) groups excluding carboxylic acids is 1. The standard InChI is InChI=1S/C23H32F2O2/c1-2-3-4-5-6-7-8-18-9-13-20(14-10-18)23(26)27-21-15-11-19(12-16-21)17-22(24)25/h11-12,15-18,20H,2-10,13-14H2,1H3. The van der Waals surface area contributed by atoms with Crippen LogP contribution in [-0.2, 0) is 4.79 Å². The predicted octanol–water partition coefficient (Wildman–Crippen LogP) is 7.39. The van der Waals surface area contributed by atoms with E-state index in [-0.39, 0.29) is 11.9 Å². The highest BCUT2D eigenvalue weighted by molar-refractivity contribution is 5.75. The molecule has 0 unspecified atom stereocenters. The Balaban J connectivity index is 1.66. The average molecular weight is 379 g/mol. The molecular formula is C23H32F2O2. The number of carbonyl (C=O) groups is 1. The Kier molecular flexibility index (Phi) is 9.51. The van der Waals surface area contributed by atoms with Crippen LogP contribution in [0.2, 0.25) is 0 Å². The molecule has 0 bridgehead atoms. The second-order valence-electron chi connectivity index (χ2n) is 7.70. The van der Waals surface area contributed by atoms with Gasteiger partial charge in [0.2, 0.25) is 0 Å². The van der Waals surface area contributed by atoms with Crippen LogP contribution in [0.1, 0.15) is 83.1 Å². The van der Waals surface area contributed by atoms with Crippen molar-refractivity contribution in [2.45, 2.75) is 77.6 Å². The van der Waals surface area contributed by atoms with Gasteiger partial charge in [-0.3, -0.25) is 4.79 Å². The van der Waals surface area contributed by atoms with E-state index in [0.29, 0.717) is 11.3 Å². The summed E-state index contributed by atoms with van der Waals surface area (Å²) in [6.07, 6.45) is 12.3. The van der Waals surface area contributed by atoms with Gasteiger partial charge in [-0.2, -0.15) is 8.78 Å². The number of rotatable bonds is 10. The third-order valence-corrected chi connectivity index (χ3v) is 5.52. The van der Waals surface area contributed by atoms with E-state index in [1.807, 2.05) is 0 Å². The molecule has 1 aliphatic rings. The lowest BCUT2D eigenvalue weighted by molar-refractivity contribution is -0.140. The highest BCUT2D eigenvalue weighted by atomic mass is 19.3. The van der Waals surface area contributed by atoms with Gasteiger partial charge in [0.15, 0.2) is 0 Å². The fourth-order valence-corrected chi connectivity index (χ4v) is 3.86. The molecule has 1 fully saturated rings. The van der Waals surface area contributed by atoms with Crippen molar-refractivity contribution in [2.24, 2.45) is 11.8 Å². The van der Waals surface area contributed by atoms with Crippen LogP contribution in [0.3, 0.4) is 0 Å². The molecule has 0 heterocycles. The van der Waals surface area contributed by atoms with Gasteiger partial charge in [0.25, 0.3) is 6.08 Å². The first kappa shape index (κ1) is 21.6. The maximum Gasteiger partial charge on any atom is 0.314 e. The Labute approximate surface area is 162 Å². The molecule has 0 N–H and O–H groups in total. The molecule has 27 heavy (non-hydrogen) atoms. The Morgan fingerprint density at radius 3 is 2.26 bits per heavy atom. The van der Waals surface area contributed by atoms with Crippen LogP contribution < -0.4 is 4.74 Å². The third-order valence-electron chi connectivity index (χ3n) is 5.52. The van der Waals surface area contributed by atoms with E-state index in [0.717, 1.165) is 37.7 Å². The molecule has 1 saturated carbocycles. The lowest BCUT2D eigenvalue weighted by Crippen LogP contribution is -2.25. The van der Waals surface area contributed by atoms with Gasteiger partial charge in [-0.1, -0.05) is 64.0 Å². The van der Waals surface area contributed by atoms with Crippen LogP contribution in [0.5, 0.6) is 5.75 Å². The molecule has 0 aromatic heterocycles. The number of benzene rings is 1. The first-order valence-electron chi connectivity index (χ1n) is 10.4. The number of esters is 1. The summed E-state index contributed by atoms with van der Waals surface area (Å²) in [5.74, 6) is 0.953. The maximum atomic E-state index is 12.3. The smallest absolute Gasteiger partial charge is 0.314 e. The summed E-state index contributed by atoms with van der Waals surface area (Å²) in [7, 11) is 0. The normalized spacial score (nSPS) is 19.5. The van der Waals surface area contributed by atoms with E-state index in [4.69, 9.17) is 4.74 Å². The van der Waals surface area contributed by atoms with E-state index < -0.39 is 6.08 Å². The summed E-state index contributed by atoms with van der Waals surface area (Å²) in [5.41, 5.74) is 0.394. The lowest BCUT2D eigenvalue weighted by atomic mass is 9.80. The SMILES string of the molecule is CCCCCCCCC1CCC(C(=O)Oc2ccc(C=C(F)F)cc2)CC1. The molecule has 0 radical (unpaired) electrons. The van der Waals surface area contributed by atoms with Crippen LogP contribution in [0.4, 0.5) is 8.78 Å². The molecule has 150 valence electrons. The summed E-state index contributed by atoms with van der Waals surface area (Å²) in [5, 5.41) is 0. The molecule has 0 saturated heterocycles. The van der Waals surface area contributed by atoms with Crippen molar-refractivity contribution < 1.29 is 18.3 Å². The monoisotopic (exact) mass is 378 g/mol. The van der Waals surface area contributed by atoms with Crippen molar-refractivity contribution in [1.29, 1.82) is 0 Å². The van der Waals surface area contributed by atoms with E-state index >= 15 is 0 Å². The minimum absolute atomic E-state index is 0.0336. The van der Waals surface area contributed by atoms with Gasteiger partial charge in [-0.15, -0.1) is 0 Å². The number of halogens is 2. The highest BCUT2D eigenvalue weighted by Crippen LogP contribution is 2.33. The van der Waals surface area contributed by atoms with Gasteiger partial charge in [0.1, 0.15) is 5.75 Å². The summed E-state index contributed by atoms with van der Waals surface area (Å²) in [6, 6.07) is 6.19. The number of hydrogen-bond acceptors (Lipinski definition) is 2. The fourth-order valence-electron chi connectivity index (χ4n) is 3.86. The lowest BCUT2D eigenvalue weighted by Gasteiger charge is -2.27. The Bertz CT molecular complexity index is 583. The molecule has 4 heteroatoms. The minimum atomic E-state index is -1.74. The van der Waals surface area contributed by atoms with Crippen molar-refractivity contribution in [2.75, 3.05) is 0 Å². The number of unbranched alkanes of at least 4 members (excludes halogenated alkanes) is 5. The minimum Gasteiger partial charge on any atom is -0.426 e. The Morgan fingerprint density at radius 2 is 1.63 bits per heavy atom. The maximum absolute atomic E-state index is 12.3. The summed E-state index contributed by atoms with van der Waals surface area (Å²) in [6.45, 7) is 2.24. The molecule has 0 spiro atoms. The van der Waals surface area contributed by atoms with Crippen LogP contribution in [0.15, 0.2) is 30.3 Å². The zero-order valence-corrected chi connectivity index (χ0v) is 16.4. The molecule has 0 aliphatic heterocycles. The second-order valence-corrected chi connectivity index (χ2v) is 7.70. The summed E-state index contributed by atoms with van der Waals surface area (Å²) in [4.78, 5) is 12.3. The number of hydrogen-bond donors (Lipinski definition) is 0. The van der Waals surface area contributed by atoms with E-state index in [2.05, 4.69) is 6.92 Å². The zero-order chi connectivity index (χ0) is 19.5. The highest BCUT2D eigenvalue weighted by Gasteiger charge is 2.27. The fraction of sp³-hybridized carbons (Fsp3) is 0.609. The molecule has 1 aromatic carbocycles. The van der Waals surface area contributed by atoms with Crippen LogP contribution in [0, 0.1) is 11.8 Å². The predicted molar refractivity (Wildman–Crippen MR) is 106 cm³/mol. The van der Waals surface area contributed by atoms with Gasteiger partial charge < -0.3 is 4.74 Å².